The molecule has 2 heterocycles. The van der Waals surface area contributed by atoms with Gasteiger partial charge in [-0.05, 0) is 47.7 Å². The number of halogens is 1. The first-order valence-corrected chi connectivity index (χ1v) is 12.0. The highest BCUT2D eigenvalue weighted by Crippen LogP contribution is 2.31. The molecule has 2 atom stereocenters. The minimum absolute atomic E-state index is 0.123. The third kappa shape index (κ3) is 5.26. The third-order valence-corrected chi connectivity index (χ3v) is 6.52. The molecule has 0 spiro atoms. The first kappa shape index (κ1) is 23.6. The number of hydrogen-bond donors (Lipinski definition) is 1. The molecule has 7 nitrogen and oxygen atoms in total. The van der Waals surface area contributed by atoms with Crippen LogP contribution in [-0.4, -0.2) is 27.7 Å². The molecule has 1 N–H and O–H groups in total. The normalized spacial score (nSPS) is 17.4. The number of carbonyl (C=O) groups is 2. The first-order chi connectivity index (χ1) is 17.6. The lowest BCUT2D eigenvalue weighted by atomic mass is 9.85. The Hall–Kier alpha value is -4.10. The maximum atomic E-state index is 13.5. The van der Waals surface area contributed by atoms with Crippen molar-refractivity contribution in [1.82, 2.24) is 15.3 Å². The van der Waals surface area contributed by atoms with Crippen LogP contribution < -0.4 is 5.32 Å². The van der Waals surface area contributed by atoms with Gasteiger partial charge in [-0.1, -0.05) is 66.2 Å². The molecule has 3 aromatic carbocycles. The number of aliphatic imine (C=N–C) groups is 1. The fraction of sp³-hybridized carbons (Fsp3) is 0.179. The van der Waals surface area contributed by atoms with Gasteiger partial charge in [0.1, 0.15) is 12.5 Å². The average Bonchev–Trinajstić information content (AvgIpc) is 2.91. The summed E-state index contributed by atoms with van der Waals surface area (Å²) in [7, 11) is 0. The van der Waals surface area contributed by atoms with Crippen molar-refractivity contribution in [3.63, 3.8) is 0 Å². The van der Waals surface area contributed by atoms with Crippen molar-refractivity contribution in [2.45, 2.75) is 25.5 Å². The van der Waals surface area contributed by atoms with Gasteiger partial charge < -0.3 is 10.1 Å². The number of aryl methyl sites for hydroxylation is 1. The molecule has 0 aliphatic carbocycles. The maximum Gasteiger partial charge on any atom is 0.341 e. The van der Waals surface area contributed by atoms with Crippen molar-refractivity contribution in [3.8, 4) is 0 Å². The zero-order chi connectivity index (χ0) is 24.9. The highest BCUT2D eigenvalue weighted by molar-refractivity contribution is 6.31. The molecule has 2 amide bonds. The van der Waals surface area contributed by atoms with Crippen LogP contribution in [0.1, 0.15) is 29.2 Å². The Morgan fingerprint density at radius 1 is 0.917 bits per heavy atom. The number of nitrogens with zero attached hydrogens (tertiary/aromatic N) is 3. The van der Waals surface area contributed by atoms with Crippen LogP contribution in [0.5, 0.6) is 0 Å². The van der Waals surface area contributed by atoms with Gasteiger partial charge in [-0.2, -0.15) is 0 Å². The van der Waals surface area contributed by atoms with Crippen LogP contribution in [0.4, 0.5) is 4.79 Å². The predicted molar refractivity (Wildman–Crippen MR) is 138 cm³/mol. The summed E-state index contributed by atoms with van der Waals surface area (Å²) in [5, 5.41) is 3.50. The number of fused-ring (bicyclic) bond motifs is 1. The highest BCUT2D eigenvalue weighted by atomic mass is 35.5. The van der Waals surface area contributed by atoms with Gasteiger partial charge in [0, 0.05) is 23.1 Å². The van der Waals surface area contributed by atoms with E-state index in [0.717, 1.165) is 22.2 Å². The summed E-state index contributed by atoms with van der Waals surface area (Å²) in [6.45, 7) is 0.123. The van der Waals surface area contributed by atoms with Crippen molar-refractivity contribution in [3.05, 3.63) is 107 Å². The Labute approximate surface area is 213 Å². The summed E-state index contributed by atoms with van der Waals surface area (Å²) in [5.41, 5.74) is 4.36. The van der Waals surface area contributed by atoms with Gasteiger partial charge in [0.2, 0.25) is 0 Å². The molecule has 1 aliphatic rings. The molecule has 180 valence electrons. The molecule has 0 radical (unpaired) electrons. The number of nitrogens with one attached hydrogen (secondary N) is 1. The van der Waals surface area contributed by atoms with Gasteiger partial charge in [-0.3, -0.25) is 14.8 Å². The Bertz CT molecular complexity index is 1440. The van der Waals surface area contributed by atoms with Crippen LogP contribution in [0, 0.1) is 5.92 Å². The van der Waals surface area contributed by atoms with Crippen molar-refractivity contribution in [1.29, 1.82) is 0 Å². The number of hydrogen-bond acceptors (Lipinski definition) is 5. The van der Waals surface area contributed by atoms with Crippen LogP contribution in [0.3, 0.4) is 0 Å². The number of ether oxygens (including phenoxy) is 1. The summed E-state index contributed by atoms with van der Waals surface area (Å²) in [5.74, 6) is -1.26. The van der Waals surface area contributed by atoms with Crippen molar-refractivity contribution in [2.75, 3.05) is 0 Å². The second-order valence-electron chi connectivity index (χ2n) is 8.50. The second kappa shape index (κ2) is 10.7. The summed E-state index contributed by atoms with van der Waals surface area (Å²) >= 11 is 6.34. The Morgan fingerprint density at radius 3 is 2.47 bits per heavy atom. The Balaban J connectivity index is 1.47. The second-order valence-corrected chi connectivity index (χ2v) is 8.90. The molecule has 2 unspecified atom stereocenters. The van der Waals surface area contributed by atoms with Gasteiger partial charge in [0.25, 0.3) is 0 Å². The molecule has 0 fully saturated rings. The molecule has 36 heavy (non-hydrogen) atoms. The zero-order valence-corrected chi connectivity index (χ0v) is 20.1. The minimum atomic E-state index is -0.803. The van der Waals surface area contributed by atoms with E-state index >= 15 is 0 Å². The monoisotopic (exact) mass is 498 g/mol. The van der Waals surface area contributed by atoms with E-state index < -0.39 is 24.0 Å². The topological polar surface area (TPSA) is 93.5 Å². The fourth-order valence-electron chi connectivity index (χ4n) is 4.36. The lowest BCUT2D eigenvalue weighted by Crippen LogP contribution is -2.45. The summed E-state index contributed by atoms with van der Waals surface area (Å²) in [6.07, 6.45) is 4.14. The third-order valence-electron chi connectivity index (χ3n) is 6.16. The number of rotatable bonds is 7. The van der Waals surface area contributed by atoms with Gasteiger partial charge in [-0.25, -0.2) is 9.79 Å². The number of urea groups is 1. The largest absolute Gasteiger partial charge is 0.460 e. The molecule has 5 rings (SSSR count). The van der Waals surface area contributed by atoms with E-state index in [1.165, 1.54) is 0 Å². The van der Waals surface area contributed by atoms with E-state index in [9.17, 15) is 9.59 Å². The molecule has 0 saturated carbocycles. The smallest absolute Gasteiger partial charge is 0.341 e. The number of amides is 2. The van der Waals surface area contributed by atoms with Gasteiger partial charge in [0.15, 0.2) is 0 Å². The first-order valence-electron chi connectivity index (χ1n) is 11.6. The van der Waals surface area contributed by atoms with Crippen molar-refractivity contribution >= 4 is 40.3 Å². The lowest BCUT2D eigenvalue weighted by molar-refractivity contribution is -0.148. The minimum Gasteiger partial charge on any atom is -0.460 e. The summed E-state index contributed by atoms with van der Waals surface area (Å²) in [4.78, 5) is 39.0. The Morgan fingerprint density at radius 2 is 1.67 bits per heavy atom. The quantitative estimate of drug-likeness (QED) is 0.340. The van der Waals surface area contributed by atoms with Gasteiger partial charge in [-0.15, -0.1) is 0 Å². The van der Waals surface area contributed by atoms with Crippen molar-refractivity contribution in [2.24, 2.45) is 10.9 Å². The zero-order valence-electron chi connectivity index (χ0n) is 19.3. The molecular formula is C28H23ClN4O3. The predicted octanol–water partition coefficient (Wildman–Crippen LogP) is 5.48. The van der Waals surface area contributed by atoms with E-state index in [1.807, 2.05) is 72.8 Å². The van der Waals surface area contributed by atoms with Crippen molar-refractivity contribution < 1.29 is 14.3 Å². The van der Waals surface area contributed by atoms with Gasteiger partial charge in [0.05, 0.1) is 17.1 Å². The summed E-state index contributed by atoms with van der Waals surface area (Å²) < 4.78 is 5.72. The standard InChI is InChI=1S/C28H23ClN4O3/c29-21-9-5-4-8-19(21)10-13-23-25(27(34)36-17-18-6-2-1-3-7-18)26(33-28(35)32-23)20-11-12-22-24(16-20)31-15-14-30-22/h1-9,11-12,14-16,25-26H,10,13,17H2,(H,33,35). The molecule has 0 bridgehead atoms. The molecule has 1 aliphatic heterocycles. The van der Waals surface area contributed by atoms with Crippen LogP contribution in [-0.2, 0) is 22.6 Å². The van der Waals surface area contributed by atoms with Gasteiger partial charge >= 0.3 is 12.0 Å². The van der Waals surface area contributed by atoms with Crippen LogP contribution in [0.2, 0.25) is 5.02 Å². The molecular weight excluding hydrogens is 476 g/mol. The van der Waals surface area contributed by atoms with E-state index in [1.54, 1.807) is 12.4 Å². The maximum absolute atomic E-state index is 13.5. The lowest BCUT2D eigenvalue weighted by Gasteiger charge is -2.31. The summed E-state index contributed by atoms with van der Waals surface area (Å²) in [6, 6.07) is 21.3. The molecule has 8 heteroatoms. The average molecular weight is 499 g/mol. The van der Waals surface area contributed by atoms with E-state index in [4.69, 9.17) is 16.3 Å². The van der Waals surface area contributed by atoms with E-state index in [0.29, 0.717) is 29.1 Å². The molecule has 4 aromatic rings. The van der Waals surface area contributed by atoms with Crippen LogP contribution >= 0.6 is 11.6 Å². The number of carbonyl (C=O) groups excluding carboxylic acids is 2. The molecule has 1 aromatic heterocycles. The SMILES string of the molecule is O=C1N=C(CCc2ccccc2Cl)C(C(=O)OCc2ccccc2)C(c2ccc3nccnc3c2)N1. The molecule has 0 saturated heterocycles. The number of esters is 1. The highest BCUT2D eigenvalue weighted by Gasteiger charge is 2.39. The van der Waals surface area contributed by atoms with Crippen LogP contribution in [0.25, 0.3) is 11.0 Å². The Kier molecular flexibility index (Phi) is 7.00. The number of benzene rings is 3. The van der Waals surface area contributed by atoms with Crippen LogP contribution in [0.15, 0.2) is 90.2 Å². The fourth-order valence-corrected chi connectivity index (χ4v) is 4.59. The van der Waals surface area contributed by atoms with E-state index in [2.05, 4.69) is 20.3 Å². The number of aromatic nitrogens is 2. The van der Waals surface area contributed by atoms with E-state index in [-0.39, 0.29) is 6.61 Å².